The molecular formula is C22H21BrClF2N3O3. The summed E-state index contributed by atoms with van der Waals surface area (Å²) in [6, 6.07) is 6.17. The smallest absolute Gasteiger partial charge is 0.387 e. The van der Waals surface area contributed by atoms with Crippen LogP contribution in [-0.4, -0.2) is 32.7 Å². The molecule has 170 valence electrons. The summed E-state index contributed by atoms with van der Waals surface area (Å²) in [7, 11) is 0. The van der Waals surface area contributed by atoms with Gasteiger partial charge in [0.2, 0.25) is 0 Å². The molecule has 4 rings (SSSR count). The van der Waals surface area contributed by atoms with Crippen molar-refractivity contribution in [3.05, 3.63) is 51.5 Å². The van der Waals surface area contributed by atoms with Gasteiger partial charge in [-0.05, 0) is 39.3 Å². The number of carbonyl (C=O) groups excluding carboxylic acids is 1. The number of benzene rings is 1. The summed E-state index contributed by atoms with van der Waals surface area (Å²) in [6.45, 7) is 2.45. The van der Waals surface area contributed by atoms with Gasteiger partial charge >= 0.3 is 12.6 Å². The number of hydrogen-bond donors (Lipinski definition) is 0. The molecule has 0 aliphatic carbocycles. The second-order valence-electron chi connectivity index (χ2n) is 8.60. The Kier molecular flexibility index (Phi) is 6.15. The average Bonchev–Trinajstić information content (AvgIpc) is 3.18. The van der Waals surface area contributed by atoms with Crippen LogP contribution in [0.1, 0.15) is 57.0 Å². The number of alkyl halides is 2. The van der Waals surface area contributed by atoms with E-state index in [0.717, 1.165) is 0 Å². The summed E-state index contributed by atoms with van der Waals surface area (Å²) in [6.07, 6.45) is 2.12. The van der Waals surface area contributed by atoms with Crippen molar-refractivity contribution in [2.24, 2.45) is 0 Å². The lowest BCUT2D eigenvalue weighted by molar-refractivity contribution is -0.155. The first-order valence-corrected chi connectivity index (χ1v) is 11.2. The lowest BCUT2D eigenvalue weighted by atomic mass is 9.95. The predicted molar refractivity (Wildman–Crippen MR) is 119 cm³/mol. The lowest BCUT2D eigenvalue weighted by Gasteiger charge is -2.21. The highest BCUT2D eigenvalue weighted by Crippen LogP contribution is 2.48. The van der Waals surface area contributed by atoms with E-state index in [1.807, 2.05) is 4.57 Å². The average molecular weight is 529 g/mol. The molecule has 3 heterocycles. The molecule has 0 fully saturated rings. The van der Waals surface area contributed by atoms with Crippen LogP contribution >= 0.6 is 27.5 Å². The standard InChI is InChI=1S/C22H21BrClF2N3O3/c1-22(2,3)32-18(30)8-11-7-15(19-12(23)5-4-6-16(19)31-21(25)26)29-14-9-17(24)27-10-13(14)28-20(11)29/h4-6,9-11,15,21H,7-8H2,1-3H3/t11-,15+/m0/s1. The number of rotatable bonds is 5. The number of pyridine rings is 1. The third-order valence-electron chi connectivity index (χ3n) is 5.15. The molecule has 3 aromatic rings. The van der Waals surface area contributed by atoms with E-state index < -0.39 is 18.3 Å². The highest BCUT2D eigenvalue weighted by Gasteiger charge is 2.39. The van der Waals surface area contributed by atoms with Gasteiger partial charge in [0, 0.05) is 22.0 Å². The first kappa shape index (κ1) is 22.9. The number of ether oxygens (including phenoxy) is 2. The fraction of sp³-hybridized carbons (Fsp3) is 0.409. The molecule has 0 N–H and O–H groups in total. The lowest BCUT2D eigenvalue weighted by Crippen LogP contribution is -2.24. The van der Waals surface area contributed by atoms with Crippen molar-refractivity contribution in [2.45, 2.75) is 57.8 Å². The first-order valence-electron chi connectivity index (χ1n) is 10.0. The number of carbonyl (C=O) groups is 1. The largest absolute Gasteiger partial charge is 0.460 e. The zero-order valence-corrected chi connectivity index (χ0v) is 20.0. The van der Waals surface area contributed by atoms with Crippen molar-refractivity contribution >= 4 is 44.5 Å². The number of esters is 1. The molecule has 0 unspecified atom stereocenters. The molecule has 0 bridgehead atoms. The number of nitrogens with zero attached hydrogens (tertiary/aromatic N) is 3. The van der Waals surface area contributed by atoms with Crippen LogP contribution < -0.4 is 4.74 Å². The molecule has 0 amide bonds. The zero-order chi connectivity index (χ0) is 23.2. The molecule has 6 nitrogen and oxygen atoms in total. The quantitative estimate of drug-likeness (QED) is 0.289. The Morgan fingerprint density at radius 3 is 2.81 bits per heavy atom. The second kappa shape index (κ2) is 8.59. The molecule has 0 spiro atoms. The van der Waals surface area contributed by atoms with Gasteiger partial charge in [0.05, 0.1) is 24.2 Å². The minimum atomic E-state index is -2.97. The summed E-state index contributed by atoms with van der Waals surface area (Å²) < 4.78 is 39.1. The monoisotopic (exact) mass is 527 g/mol. The van der Waals surface area contributed by atoms with Gasteiger partial charge in [0.15, 0.2) is 0 Å². The Morgan fingerprint density at radius 1 is 1.38 bits per heavy atom. The van der Waals surface area contributed by atoms with Crippen LogP contribution in [0.3, 0.4) is 0 Å². The van der Waals surface area contributed by atoms with Crippen molar-refractivity contribution in [1.82, 2.24) is 14.5 Å². The Balaban J connectivity index is 1.82. The topological polar surface area (TPSA) is 66.2 Å². The third-order valence-corrected chi connectivity index (χ3v) is 6.05. The van der Waals surface area contributed by atoms with Crippen molar-refractivity contribution in [3.8, 4) is 5.75 Å². The molecule has 1 aliphatic heterocycles. The number of fused-ring (bicyclic) bond motifs is 3. The van der Waals surface area contributed by atoms with Crippen LogP contribution in [-0.2, 0) is 9.53 Å². The van der Waals surface area contributed by atoms with Gasteiger partial charge in [-0.3, -0.25) is 4.79 Å². The molecule has 0 radical (unpaired) electrons. The van der Waals surface area contributed by atoms with Gasteiger partial charge < -0.3 is 14.0 Å². The molecule has 0 saturated carbocycles. The molecule has 1 aromatic carbocycles. The van der Waals surface area contributed by atoms with E-state index in [1.165, 1.54) is 6.07 Å². The minimum absolute atomic E-state index is 0.0604. The summed E-state index contributed by atoms with van der Waals surface area (Å²) in [5, 5.41) is 0.283. The molecule has 0 saturated heterocycles. The first-order chi connectivity index (χ1) is 15.0. The van der Waals surface area contributed by atoms with Gasteiger partial charge in [-0.1, -0.05) is 33.6 Å². The predicted octanol–water partition coefficient (Wildman–Crippen LogP) is 6.26. The Labute approximate surface area is 197 Å². The van der Waals surface area contributed by atoms with Crippen molar-refractivity contribution in [2.75, 3.05) is 0 Å². The molecule has 1 aliphatic rings. The van der Waals surface area contributed by atoms with Gasteiger partial charge in [0.1, 0.15) is 27.8 Å². The fourth-order valence-electron chi connectivity index (χ4n) is 4.13. The van der Waals surface area contributed by atoms with Crippen LogP contribution in [0.2, 0.25) is 5.15 Å². The van der Waals surface area contributed by atoms with E-state index in [1.54, 1.807) is 45.2 Å². The number of hydrogen-bond acceptors (Lipinski definition) is 5. The van der Waals surface area contributed by atoms with Crippen LogP contribution in [0.4, 0.5) is 8.78 Å². The molecular weight excluding hydrogens is 508 g/mol. The molecule has 32 heavy (non-hydrogen) atoms. The maximum atomic E-state index is 13.1. The minimum Gasteiger partial charge on any atom is -0.460 e. The highest BCUT2D eigenvalue weighted by atomic mass is 79.9. The van der Waals surface area contributed by atoms with E-state index in [0.29, 0.717) is 33.3 Å². The fourth-order valence-corrected chi connectivity index (χ4v) is 4.90. The SMILES string of the molecule is CC(C)(C)OC(=O)C[C@@H]1C[C@H](c2c(Br)cccc2OC(F)F)n2c1nc1cnc(Cl)cc12. The Hall–Kier alpha value is -2.26. The van der Waals surface area contributed by atoms with E-state index in [2.05, 4.69) is 20.9 Å². The third kappa shape index (κ3) is 4.59. The summed E-state index contributed by atoms with van der Waals surface area (Å²) in [5.74, 6) is 0.0746. The van der Waals surface area contributed by atoms with Gasteiger partial charge in [-0.15, -0.1) is 0 Å². The van der Waals surface area contributed by atoms with Gasteiger partial charge in [-0.25, -0.2) is 9.97 Å². The van der Waals surface area contributed by atoms with Crippen LogP contribution in [0.5, 0.6) is 5.75 Å². The van der Waals surface area contributed by atoms with Crippen LogP contribution in [0.15, 0.2) is 34.9 Å². The van der Waals surface area contributed by atoms with E-state index in [9.17, 15) is 13.6 Å². The van der Waals surface area contributed by atoms with Crippen LogP contribution in [0.25, 0.3) is 11.0 Å². The Bertz CT molecular complexity index is 1180. The van der Waals surface area contributed by atoms with Crippen molar-refractivity contribution in [1.29, 1.82) is 0 Å². The normalized spacial score (nSPS) is 18.2. The van der Waals surface area contributed by atoms with Crippen LogP contribution in [0, 0.1) is 0 Å². The second-order valence-corrected chi connectivity index (χ2v) is 9.85. The maximum absolute atomic E-state index is 13.1. The molecule has 2 aromatic heterocycles. The van der Waals surface area contributed by atoms with E-state index >= 15 is 0 Å². The summed E-state index contributed by atoms with van der Waals surface area (Å²) in [4.78, 5) is 21.4. The van der Waals surface area contributed by atoms with Gasteiger partial charge in [-0.2, -0.15) is 8.78 Å². The summed E-state index contributed by atoms with van der Waals surface area (Å²) >= 11 is 9.62. The number of imidazole rings is 1. The van der Waals surface area contributed by atoms with E-state index in [-0.39, 0.29) is 29.2 Å². The number of halogens is 4. The maximum Gasteiger partial charge on any atom is 0.387 e. The summed E-state index contributed by atoms with van der Waals surface area (Å²) in [5.41, 5.74) is 1.24. The van der Waals surface area contributed by atoms with Crippen molar-refractivity contribution in [3.63, 3.8) is 0 Å². The Morgan fingerprint density at radius 2 is 2.12 bits per heavy atom. The van der Waals surface area contributed by atoms with E-state index in [4.69, 9.17) is 26.1 Å². The van der Waals surface area contributed by atoms with Gasteiger partial charge in [0.25, 0.3) is 0 Å². The molecule has 10 heteroatoms. The highest BCUT2D eigenvalue weighted by molar-refractivity contribution is 9.10. The number of aromatic nitrogens is 3. The van der Waals surface area contributed by atoms with Crippen molar-refractivity contribution < 1.29 is 23.0 Å². The zero-order valence-electron chi connectivity index (χ0n) is 17.6. The molecule has 2 atom stereocenters.